The van der Waals surface area contributed by atoms with E-state index in [4.69, 9.17) is 9.47 Å². The molecule has 8 nitrogen and oxygen atoms in total. The Morgan fingerprint density at radius 3 is 2.65 bits per heavy atom. The summed E-state index contributed by atoms with van der Waals surface area (Å²) in [6.45, 7) is 1.96. The van der Waals surface area contributed by atoms with Crippen LogP contribution in [-0.4, -0.2) is 40.1 Å². The zero-order chi connectivity index (χ0) is 25.8. The van der Waals surface area contributed by atoms with Crippen LogP contribution >= 0.6 is 11.3 Å². The fourth-order valence-electron chi connectivity index (χ4n) is 4.85. The van der Waals surface area contributed by atoms with Crippen molar-refractivity contribution in [3.8, 4) is 17.2 Å². The lowest BCUT2D eigenvalue weighted by molar-refractivity contribution is -0.132. The standard InChI is InChI=1S/C28H22N2O6S/c1-14-11-17-12-16(5-10-21(17)36-14)25(32)23-24(15-3-6-18(31)7-4-15)30(27(34)26(23)33)28-29-20-9-8-19(35-2)13-22(20)37-28/h3-10,12-14,24,31-32H,11H2,1-2H3/b25-23+/t14-,24-/m1/s1. The van der Waals surface area contributed by atoms with Gasteiger partial charge < -0.3 is 19.7 Å². The molecule has 2 atom stereocenters. The molecule has 0 saturated carbocycles. The van der Waals surface area contributed by atoms with Crippen LogP contribution in [0.3, 0.4) is 0 Å². The smallest absolute Gasteiger partial charge is 0.301 e. The van der Waals surface area contributed by atoms with Gasteiger partial charge in [-0.1, -0.05) is 23.5 Å². The highest BCUT2D eigenvalue weighted by Gasteiger charge is 2.48. The van der Waals surface area contributed by atoms with E-state index in [0.717, 1.165) is 16.0 Å². The summed E-state index contributed by atoms with van der Waals surface area (Å²) in [7, 11) is 1.57. The van der Waals surface area contributed by atoms with Crippen LogP contribution in [0.5, 0.6) is 17.2 Å². The molecule has 1 amide bonds. The first kappa shape index (κ1) is 23.1. The maximum atomic E-state index is 13.4. The molecule has 0 radical (unpaired) electrons. The maximum absolute atomic E-state index is 13.4. The van der Waals surface area contributed by atoms with E-state index >= 15 is 0 Å². The van der Waals surface area contributed by atoms with Crippen molar-refractivity contribution in [1.29, 1.82) is 0 Å². The van der Waals surface area contributed by atoms with Gasteiger partial charge in [0.25, 0.3) is 5.78 Å². The van der Waals surface area contributed by atoms with E-state index in [1.807, 2.05) is 13.0 Å². The molecule has 1 aromatic heterocycles. The van der Waals surface area contributed by atoms with Crippen LogP contribution in [0.2, 0.25) is 0 Å². The first-order valence-electron chi connectivity index (χ1n) is 11.7. The average Bonchev–Trinajstić information content (AvgIpc) is 3.55. The molecule has 4 aromatic rings. The molecule has 6 rings (SSSR count). The molecular weight excluding hydrogens is 492 g/mol. The Morgan fingerprint density at radius 2 is 1.89 bits per heavy atom. The highest BCUT2D eigenvalue weighted by atomic mass is 32.1. The van der Waals surface area contributed by atoms with Crippen molar-refractivity contribution in [1.82, 2.24) is 4.98 Å². The van der Waals surface area contributed by atoms with Crippen molar-refractivity contribution in [3.05, 3.63) is 82.9 Å². The van der Waals surface area contributed by atoms with Crippen molar-refractivity contribution < 1.29 is 29.3 Å². The highest BCUT2D eigenvalue weighted by Crippen LogP contribution is 2.45. The number of nitrogens with zero attached hydrogens (tertiary/aromatic N) is 2. The third kappa shape index (κ3) is 3.79. The van der Waals surface area contributed by atoms with Gasteiger partial charge in [-0.25, -0.2) is 4.98 Å². The second-order valence-electron chi connectivity index (χ2n) is 9.05. The van der Waals surface area contributed by atoms with E-state index in [9.17, 15) is 19.8 Å². The number of rotatable bonds is 4. The number of methoxy groups -OCH3 is 1. The van der Waals surface area contributed by atoms with Gasteiger partial charge in [-0.15, -0.1) is 0 Å². The number of phenols is 1. The fraction of sp³-hybridized carbons (Fsp3) is 0.179. The van der Waals surface area contributed by atoms with Gasteiger partial charge in [0, 0.05) is 12.0 Å². The van der Waals surface area contributed by atoms with E-state index in [-0.39, 0.29) is 23.2 Å². The van der Waals surface area contributed by atoms with E-state index in [1.165, 1.54) is 28.4 Å². The molecule has 0 unspecified atom stereocenters. The predicted molar refractivity (Wildman–Crippen MR) is 139 cm³/mol. The van der Waals surface area contributed by atoms with Crippen molar-refractivity contribution in [2.45, 2.75) is 25.5 Å². The van der Waals surface area contributed by atoms with Crippen LogP contribution in [0.4, 0.5) is 5.13 Å². The number of amides is 1. The third-order valence-corrected chi connectivity index (χ3v) is 7.63. The number of aliphatic hydroxyl groups is 1. The summed E-state index contributed by atoms with van der Waals surface area (Å²) in [6, 6.07) is 15.9. The average molecular weight is 515 g/mol. The molecule has 9 heteroatoms. The summed E-state index contributed by atoms with van der Waals surface area (Å²) in [4.78, 5) is 32.8. The number of ether oxygens (including phenoxy) is 2. The molecule has 37 heavy (non-hydrogen) atoms. The second kappa shape index (κ2) is 8.63. The van der Waals surface area contributed by atoms with Crippen LogP contribution in [0, 0.1) is 0 Å². The number of aromatic hydroxyl groups is 1. The molecule has 2 N–H and O–H groups in total. The van der Waals surface area contributed by atoms with Crippen LogP contribution in [0.1, 0.15) is 29.7 Å². The van der Waals surface area contributed by atoms with Crippen molar-refractivity contribution in [3.63, 3.8) is 0 Å². The Labute approximate surface area is 216 Å². The molecule has 0 aliphatic carbocycles. The lowest BCUT2D eigenvalue weighted by Gasteiger charge is -2.23. The molecule has 1 fully saturated rings. The number of Topliss-reactive ketones (excluding diaryl/α,β-unsaturated/α-hetero) is 1. The quantitative estimate of drug-likeness (QED) is 0.225. The summed E-state index contributed by atoms with van der Waals surface area (Å²) in [5, 5.41) is 21.6. The summed E-state index contributed by atoms with van der Waals surface area (Å²) < 4.78 is 11.8. The van der Waals surface area contributed by atoms with Gasteiger partial charge in [0.1, 0.15) is 29.1 Å². The number of carbonyl (C=O) groups excluding carboxylic acids is 2. The minimum Gasteiger partial charge on any atom is -0.508 e. The Balaban J connectivity index is 1.52. The first-order chi connectivity index (χ1) is 17.8. The Morgan fingerprint density at radius 1 is 1.11 bits per heavy atom. The molecule has 0 bridgehead atoms. The predicted octanol–water partition coefficient (Wildman–Crippen LogP) is 4.96. The third-order valence-electron chi connectivity index (χ3n) is 6.61. The largest absolute Gasteiger partial charge is 0.508 e. The number of anilines is 1. The molecule has 2 aliphatic heterocycles. The van der Waals surface area contributed by atoms with Crippen molar-refractivity contribution in [2.75, 3.05) is 12.0 Å². The topological polar surface area (TPSA) is 109 Å². The lowest BCUT2D eigenvalue weighted by atomic mass is 9.94. The number of hydrogen-bond donors (Lipinski definition) is 2. The number of phenolic OH excluding ortho intramolecular Hbond substituents is 1. The SMILES string of the molecule is COc1ccc2nc(N3C(=O)C(=O)/C(=C(/O)c4ccc5c(c4)C[C@@H](C)O5)[C@H]3c3ccc(O)cc3)sc2c1. The first-order valence-corrected chi connectivity index (χ1v) is 12.5. The van der Waals surface area contributed by atoms with Crippen molar-refractivity contribution in [2.24, 2.45) is 0 Å². The van der Waals surface area contributed by atoms with E-state index < -0.39 is 17.7 Å². The fourth-order valence-corrected chi connectivity index (χ4v) is 5.87. The Bertz CT molecular complexity index is 1610. The number of benzene rings is 3. The van der Waals surface area contributed by atoms with Gasteiger partial charge in [0.15, 0.2) is 5.13 Å². The summed E-state index contributed by atoms with van der Waals surface area (Å²) >= 11 is 1.25. The number of ketones is 1. The highest BCUT2D eigenvalue weighted by molar-refractivity contribution is 7.22. The van der Waals surface area contributed by atoms with Crippen LogP contribution < -0.4 is 14.4 Å². The number of carbonyl (C=O) groups is 2. The lowest BCUT2D eigenvalue weighted by Crippen LogP contribution is -2.29. The minimum absolute atomic E-state index is 0.0210. The molecule has 2 aliphatic rings. The van der Waals surface area contributed by atoms with Gasteiger partial charge in [-0.3, -0.25) is 14.5 Å². The number of aliphatic hydroxyl groups excluding tert-OH is 1. The molecular formula is C28H22N2O6S. The van der Waals surface area contributed by atoms with Gasteiger partial charge in [-0.05, 0) is 66.6 Å². The Hall–Kier alpha value is -4.37. The summed E-state index contributed by atoms with van der Waals surface area (Å²) in [5.74, 6) is -0.440. The van der Waals surface area contributed by atoms with Gasteiger partial charge >= 0.3 is 5.91 Å². The monoisotopic (exact) mass is 514 g/mol. The molecule has 3 aromatic carbocycles. The number of aromatic nitrogens is 1. The Kier molecular flexibility index (Phi) is 5.38. The second-order valence-corrected chi connectivity index (χ2v) is 10.1. The van der Waals surface area contributed by atoms with E-state index in [2.05, 4.69) is 4.98 Å². The normalized spacial score (nSPS) is 20.3. The zero-order valence-electron chi connectivity index (χ0n) is 20.0. The number of fused-ring (bicyclic) bond motifs is 2. The minimum atomic E-state index is -0.938. The summed E-state index contributed by atoms with van der Waals surface area (Å²) in [6.07, 6.45) is 0.703. The van der Waals surface area contributed by atoms with Gasteiger partial charge in [-0.2, -0.15) is 0 Å². The molecule has 3 heterocycles. The number of thiazole rings is 1. The van der Waals surface area contributed by atoms with Gasteiger partial charge in [0.05, 0.1) is 28.9 Å². The molecule has 1 saturated heterocycles. The van der Waals surface area contributed by atoms with Crippen molar-refractivity contribution >= 4 is 44.1 Å². The van der Waals surface area contributed by atoms with Crippen LogP contribution in [0.25, 0.3) is 16.0 Å². The van der Waals surface area contributed by atoms with E-state index in [1.54, 1.807) is 49.6 Å². The van der Waals surface area contributed by atoms with Crippen LogP contribution in [-0.2, 0) is 16.0 Å². The number of hydrogen-bond acceptors (Lipinski definition) is 8. The van der Waals surface area contributed by atoms with E-state index in [0.29, 0.717) is 33.9 Å². The molecule has 186 valence electrons. The van der Waals surface area contributed by atoms with Crippen LogP contribution in [0.15, 0.2) is 66.2 Å². The maximum Gasteiger partial charge on any atom is 0.301 e. The summed E-state index contributed by atoms with van der Waals surface area (Å²) in [5.41, 5.74) is 2.51. The molecule has 0 spiro atoms. The van der Waals surface area contributed by atoms with Gasteiger partial charge in [0.2, 0.25) is 0 Å². The zero-order valence-corrected chi connectivity index (χ0v) is 20.8.